The number of benzene rings is 1. The van der Waals surface area contributed by atoms with Crippen LogP contribution in [-0.4, -0.2) is 21.7 Å². The van der Waals surface area contributed by atoms with E-state index >= 15 is 0 Å². The molecule has 1 heterocycles. The summed E-state index contributed by atoms with van der Waals surface area (Å²) in [6.07, 6.45) is 0. The first kappa shape index (κ1) is 14.6. The molecule has 2 aromatic rings. The van der Waals surface area contributed by atoms with E-state index in [1.54, 1.807) is 38.2 Å². The maximum atomic E-state index is 12.1. The first-order valence-electron chi connectivity index (χ1n) is 6.25. The van der Waals surface area contributed by atoms with Gasteiger partial charge in [0.1, 0.15) is 6.61 Å². The smallest absolute Gasteiger partial charge is 0.359 e. The Labute approximate surface area is 121 Å². The number of amides is 1. The van der Waals surface area contributed by atoms with Crippen LogP contribution in [0.1, 0.15) is 32.1 Å². The Hall–Kier alpha value is -2.83. The molecule has 0 aliphatic heterocycles. The number of hydrogen-bond acceptors (Lipinski definition) is 5. The highest BCUT2D eigenvalue weighted by molar-refractivity contribution is 5.95. The van der Waals surface area contributed by atoms with Gasteiger partial charge in [-0.05, 0) is 13.0 Å². The van der Waals surface area contributed by atoms with Gasteiger partial charge in [-0.3, -0.25) is 9.48 Å². The van der Waals surface area contributed by atoms with E-state index in [4.69, 9.17) is 16.2 Å². The van der Waals surface area contributed by atoms with Gasteiger partial charge in [-0.15, -0.1) is 0 Å². The fraction of sp³-hybridized carbons (Fsp3) is 0.214. The van der Waals surface area contributed by atoms with Crippen molar-refractivity contribution >= 4 is 17.6 Å². The summed E-state index contributed by atoms with van der Waals surface area (Å²) in [5.41, 5.74) is 12.9. The van der Waals surface area contributed by atoms with Gasteiger partial charge in [0.2, 0.25) is 5.91 Å². The summed E-state index contributed by atoms with van der Waals surface area (Å²) >= 11 is 0. The second kappa shape index (κ2) is 5.66. The maximum absolute atomic E-state index is 12.1. The molecule has 0 bridgehead atoms. The quantitative estimate of drug-likeness (QED) is 0.806. The molecule has 1 amide bonds. The summed E-state index contributed by atoms with van der Waals surface area (Å²) in [5.74, 6) is -1.17. The molecule has 0 radical (unpaired) electrons. The molecule has 7 heteroatoms. The molecule has 110 valence electrons. The topological polar surface area (TPSA) is 113 Å². The van der Waals surface area contributed by atoms with Gasteiger partial charge in [-0.2, -0.15) is 5.10 Å². The zero-order chi connectivity index (χ0) is 15.6. The van der Waals surface area contributed by atoms with Crippen molar-refractivity contribution in [3.63, 3.8) is 0 Å². The first-order valence-corrected chi connectivity index (χ1v) is 6.25. The summed E-state index contributed by atoms with van der Waals surface area (Å²) < 4.78 is 6.56. The zero-order valence-corrected chi connectivity index (χ0v) is 11.8. The summed E-state index contributed by atoms with van der Waals surface area (Å²) in [6, 6.07) is 6.67. The van der Waals surface area contributed by atoms with Crippen LogP contribution in [0.15, 0.2) is 24.3 Å². The third kappa shape index (κ3) is 2.86. The standard InChI is InChI=1S/C14H16N4O3/c1-8-11(15)12(18(2)17-8)14(20)21-7-9-5-3-4-6-10(9)13(16)19/h3-6H,7,15H2,1-2H3,(H2,16,19). The number of nitrogen functional groups attached to an aromatic ring is 1. The number of aryl methyl sites for hydroxylation is 2. The first-order chi connectivity index (χ1) is 9.91. The van der Waals surface area contributed by atoms with Crippen molar-refractivity contribution in [2.75, 3.05) is 5.73 Å². The van der Waals surface area contributed by atoms with Crippen LogP contribution in [0.2, 0.25) is 0 Å². The fourth-order valence-electron chi connectivity index (χ4n) is 2.01. The largest absolute Gasteiger partial charge is 0.456 e. The number of nitrogens with zero attached hydrogens (tertiary/aromatic N) is 2. The molecule has 21 heavy (non-hydrogen) atoms. The van der Waals surface area contributed by atoms with Gasteiger partial charge in [0.25, 0.3) is 0 Å². The summed E-state index contributed by atoms with van der Waals surface area (Å²) in [4.78, 5) is 23.4. The molecular weight excluding hydrogens is 272 g/mol. The lowest BCUT2D eigenvalue weighted by Gasteiger charge is -2.08. The van der Waals surface area contributed by atoms with Gasteiger partial charge in [0.05, 0.1) is 11.4 Å². The van der Waals surface area contributed by atoms with E-state index in [-0.39, 0.29) is 18.0 Å². The zero-order valence-electron chi connectivity index (χ0n) is 11.8. The molecule has 1 aromatic heterocycles. The minimum atomic E-state index is -0.602. The van der Waals surface area contributed by atoms with Gasteiger partial charge in [-0.25, -0.2) is 4.79 Å². The Morgan fingerprint density at radius 3 is 2.57 bits per heavy atom. The van der Waals surface area contributed by atoms with E-state index in [9.17, 15) is 9.59 Å². The van der Waals surface area contributed by atoms with Crippen molar-refractivity contribution < 1.29 is 14.3 Å². The highest BCUT2D eigenvalue weighted by atomic mass is 16.5. The number of rotatable bonds is 4. The Morgan fingerprint density at radius 2 is 2.00 bits per heavy atom. The lowest BCUT2D eigenvalue weighted by molar-refractivity contribution is 0.0459. The van der Waals surface area contributed by atoms with E-state index in [1.807, 2.05) is 0 Å². The van der Waals surface area contributed by atoms with E-state index < -0.39 is 11.9 Å². The summed E-state index contributed by atoms with van der Waals surface area (Å²) in [6.45, 7) is 1.64. The van der Waals surface area contributed by atoms with Crippen LogP contribution in [0.5, 0.6) is 0 Å². The van der Waals surface area contributed by atoms with Crippen LogP contribution >= 0.6 is 0 Å². The average molecular weight is 288 g/mol. The van der Waals surface area contributed by atoms with Gasteiger partial charge >= 0.3 is 5.97 Å². The van der Waals surface area contributed by atoms with Crippen molar-refractivity contribution in [2.24, 2.45) is 12.8 Å². The fourth-order valence-corrected chi connectivity index (χ4v) is 2.01. The SMILES string of the molecule is Cc1nn(C)c(C(=O)OCc2ccccc2C(N)=O)c1N. The van der Waals surface area contributed by atoms with Crippen LogP contribution in [0.25, 0.3) is 0 Å². The number of carbonyl (C=O) groups is 2. The van der Waals surface area contributed by atoms with E-state index in [0.29, 0.717) is 16.8 Å². The summed E-state index contributed by atoms with van der Waals surface area (Å²) in [7, 11) is 1.61. The summed E-state index contributed by atoms with van der Waals surface area (Å²) in [5, 5.41) is 4.05. The minimum absolute atomic E-state index is 0.0678. The molecule has 0 spiro atoms. The predicted molar refractivity (Wildman–Crippen MR) is 76.4 cm³/mol. The van der Waals surface area contributed by atoms with Crippen LogP contribution in [-0.2, 0) is 18.4 Å². The van der Waals surface area contributed by atoms with Crippen molar-refractivity contribution in [1.82, 2.24) is 9.78 Å². The number of carbonyl (C=O) groups excluding carboxylic acids is 2. The van der Waals surface area contributed by atoms with Crippen molar-refractivity contribution in [3.8, 4) is 0 Å². The highest BCUT2D eigenvalue weighted by Crippen LogP contribution is 2.17. The number of esters is 1. The Kier molecular flexibility index (Phi) is 3.93. The van der Waals surface area contributed by atoms with E-state index in [0.717, 1.165) is 0 Å². The molecule has 0 saturated carbocycles. The van der Waals surface area contributed by atoms with Crippen LogP contribution < -0.4 is 11.5 Å². The molecule has 7 nitrogen and oxygen atoms in total. The second-order valence-electron chi connectivity index (χ2n) is 4.57. The normalized spacial score (nSPS) is 10.4. The molecule has 1 aromatic carbocycles. The highest BCUT2D eigenvalue weighted by Gasteiger charge is 2.20. The number of hydrogen-bond donors (Lipinski definition) is 2. The van der Waals surface area contributed by atoms with Crippen molar-refractivity contribution in [3.05, 3.63) is 46.8 Å². The van der Waals surface area contributed by atoms with Crippen LogP contribution in [0, 0.1) is 6.92 Å². The third-order valence-corrected chi connectivity index (χ3v) is 3.10. The Balaban J connectivity index is 2.17. The van der Waals surface area contributed by atoms with Gasteiger partial charge in [-0.1, -0.05) is 18.2 Å². The number of ether oxygens (including phenoxy) is 1. The van der Waals surface area contributed by atoms with E-state index in [2.05, 4.69) is 5.10 Å². The number of aromatic nitrogens is 2. The molecule has 0 saturated heterocycles. The molecule has 4 N–H and O–H groups in total. The molecule has 0 aliphatic rings. The van der Waals surface area contributed by atoms with Crippen LogP contribution in [0.4, 0.5) is 5.69 Å². The van der Waals surface area contributed by atoms with Crippen LogP contribution in [0.3, 0.4) is 0 Å². The maximum Gasteiger partial charge on any atom is 0.359 e. The van der Waals surface area contributed by atoms with Gasteiger partial charge in [0, 0.05) is 18.2 Å². The van der Waals surface area contributed by atoms with Crippen molar-refractivity contribution in [1.29, 1.82) is 0 Å². The van der Waals surface area contributed by atoms with E-state index in [1.165, 1.54) is 4.68 Å². The third-order valence-electron chi connectivity index (χ3n) is 3.10. The molecule has 0 atom stereocenters. The molecule has 0 unspecified atom stereocenters. The number of nitrogens with two attached hydrogens (primary N) is 2. The molecule has 0 aliphatic carbocycles. The lowest BCUT2D eigenvalue weighted by Crippen LogP contribution is -2.16. The predicted octanol–water partition coefficient (Wildman–Crippen LogP) is 0.767. The Morgan fingerprint density at radius 1 is 1.33 bits per heavy atom. The minimum Gasteiger partial charge on any atom is -0.456 e. The lowest BCUT2D eigenvalue weighted by atomic mass is 10.1. The average Bonchev–Trinajstić information content (AvgIpc) is 2.70. The van der Waals surface area contributed by atoms with Gasteiger partial charge in [0.15, 0.2) is 5.69 Å². The number of anilines is 1. The molecule has 2 rings (SSSR count). The molecular formula is C14H16N4O3. The van der Waals surface area contributed by atoms with Gasteiger partial charge < -0.3 is 16.2 Å². The molecule has 0 fully saturated rings. The second-order valence-corrected chi connectivity index (χ2v) is 4.57. The number of primary amides is 1. The monoisotopic (exact) mass is 288 g/mol. The van der Waals surface area contributed by atoms with Crippen molar-refractivity contribution in [2.45, 2.75) is 13.5 Å². The Bertz CT molecular complexity index is 706.